The molecule has 2 saturated heterocycles. The van der Waals surface area contributed by atoms with Gasteiger partial charge in [-0.2, -0.15) is 0 Å². The Labute approximate surface area is 127 Å². The Morgan fingerprint density at radius 1 is 1.20 bits per heavy atom. The van der Waals surface area contributed by atoms with E-state index in [0.717, 1.165) is 45.2 Å². The van der Waals surface area contributed by atoms with Gasteiger partial charge in [-0.05, 0) is 25.7 Å². The van der Waals surface area contributed by atoms with Gasteiger partial charge in [0, 0.05) is 45.1 Å². The standard InChI is InChI=1S/C14H25N3O2.ClH/c15-12-5-4-9-17(11-12)14(19)7-10-16-8-3-1-2-6-13(16)18;/h12H,1-11,15H2;1H. The van der Waals surface area contributed by atoms with Crippen molar-refractivity contribution in [2.24, 2.45) is 5.73 Å². The molecule has 0 radical (unpaired) electrons. The summed E-state index contributed by atoms with van der Waals surface area (Å²) in [4.78, 5) is 27.7. The summed E-state index contributed by atoms with van der Waals surface area (Å²) in [5.41, 5.74) is 5.89. The molecule has 0 aromatic carbocycles. The van der Waals surface area contributed by atoms with Crippen LogP contribution in [-0.4, -0.2) is 53.8 Å². The van der Waals surface area contributed by atoms with Crippen molar-refractivity contribution in [1.82, 2.24) is 9.80 Å². The molecular formula is C14H26ClN3O2. The van der Waals surface area contributed by atoms with E-state index in [9.17, 15) is 9.59 Å². The summed E-state index contributed by atoms with van der Waals surface area (Å²) in [5.74, 6) is 0.354. The van der Waals surface area contributed by atoms with Crippen LogP contribution in [0.1, 0.15) is 44.9 Å². The monoisotopic (exact) mass is 303 g/mol. The number of likely N-dealkylation sites (tertiary alicyclic amines) is 2. The zero-order valence-corrected chi connectivity index (χ0v) is 12.9. The second-order valence-corrected chi connectivity index (χ2v) is 5.68. The number of nitrogens with zero attached hydrogens (tertiary/aromatic N) is 2. The van der Waals surface area contributed by atoms with Crippen LogP contribution in [0.4, 0.5) is 0 Å². The third-order valence-electron chi connectivity index (χ3n) is 4.08. The average molecular weight is 304 g/mol. The number of piperidine rings is 1. The third-order valence-corrected chi connectivity index (χ3v) is 4.08. The molecule has 0 saturated carbocycles. The fraction of sp³-hybridized carbons (Fsp3) is 0.857. The number of carbonyl (C=O) groups excluding carboxylic acids is 2. The van der Waals surface area contributed by atoms with Crippen molar-refractivity contribution in [3.05, 3.63) is 0 Å². The van der Waals surface area contributed by atoms with Crippen LogP contribution in [0.2, 0.25) is 0 Å². The number of carbonyl (C=O) groups is 2. The molecule has 2 aliphatic rings. The minimum absolute atomic E-state index is 0. The molecule has 1 atom stereocenters. The molecule has 0 aromatic rings. The van der Waals surface area contributed by atoms with Gasteiger partial charge in [0.15, 0.2) is 0 Å². The van der Waals surface area contributed by atoms with Crippen LogP contribution in [-0.2, 0) is 9.59 Å². The highest BCUT2D eigenvalue weighted by molar-refractivity contribution is 5.85. The highest BCUT2D eigenvalue weighted by Gasteiger charge is 2.23. The summed E-state index contributed by atoms with van der Waals surface area (Å²) in [7, 11) is 0. The van der Waals surface area contributed by atoms with Crippen molar-refractivity contribution in [3.8, 4) is 0 Å². The fourth-order valence-electron chi connectivity index (χ4n) is 2.90. The summed E-state index contributed by atoms with van der Waals surface area (Å²) in [6.45, 7) is 2.88. The van der Waals surface area contributed by atoms with Crippen LogP contribution in [0.25, 0.3) is 0 Å². The lowest BCUT2D eigenvalue weighted by Gasteiger charge is -2.31. The van der Waals surface area contributed by atoms with Gasteiger partial charge in [0.2, 0.25) is 11.8 Å². The summed E-state index contributed by atoms with van der Waals surface area (Å²) >= 11 is 0. The number of halogens is 1. The Hall–Kier alpha value is -0.810. The van der Waals surface area contributed by atoms with E-state index in [2.05, 4.69) is 0 Å². The van der Waals surface area contributed by atoms with Gasteiger partial charge in [-0.15, -0.1) is 12.4 Å². The first-order valence-corrected chi connectivity index (χ1v) is 7.48. The van der Waals surface area contributed by atoms with Crippen molar-refractivity contribution < 1.29 is 9.59 Å². The van der Waals surface area contributed by atoms with Gasteiger partial charge in [-0.3, -0.25) is 9.59 Å². The molecular weight excluding hydrogens is 278 g/mol. The Bertz CT molecular complexity index is 338. The van der Waals surface area contributed by atoms with E-state index in [0.29, 0.717) is 25.9 Å². The first-order valence-electron chi connectivity index (χ1n) is 7.48. The highest BCUT2D eigenvalue weighted by Crippen LogP contribution is 2.13. The molecule has 0 aliphatic carbocycles. The van der Waals surface area contributed by atoms with Gasteiger partial charge >= 0.3 is 0 Å². The minimum Gasteiger partial charge on any atom is -0.342 e. The molecule has 2 N–H and O–H groups in total. The maximum Gasteiger partial charge on any atom is 0.224 e. The van der Waals surface area contributed by atoms with Crippen molar-refractivity contribution in [3.63, 3.8) is 0 Å². The fourth-order valence-corrected chi connectivity index (χ4v) is 2.90. The lowest BCUT2D eigenvalue weighted by atomic mass is 10.1. The van der Waals surface area contributed by atoms with Crippen LogP contribution in [0.15, 0.2) is 0 Å². The van der Waals surface area contributed by atoms with E-state index >= 15 is 0 Å². The lowest BCUT2D eigenvalue weighted by Crippen LogP contribution is -2.46. The van der Waals surface area contributed by atoms with E-state index in [1.165, 1.54) is 0 Å². The van der Waals surface area contributed by atoms with E-state index in [1.54, 1.807) is 0 Å². The SMILES string of the molecule is Cl.NC1CCCN(C(=O)CCN2CCCCCC2=O)C1. The summed E-state index contributed by atoms with van der Waals surface area (Å²) in [6, 6.07) is 0.123. The summed E-state index contributed by atoms with van der Waals surface area (Å²) in [5, 5.41) is 0. The number of nitrogens with two attached hydrogens (primary N) is 1. The smallest absolute Gasteiger partial charge is 0.224 e. The molecule has 2 rings (SSSR count). The van der Waals surface area contributed by atoms with Crippen molar-refractivity contribution in [2.45, 2.75) is 51.0 Å². The van der Waals surface area contributed by atoms with Gasteiger partial charge in [0.25, 0.3) is 0 Å². The molecule has 0 spiro atoms. The summed E-state index contributed by atoms with van der Waals surface area (Å²) in [6.07, 6.45) is 6.27. The highest BCUT2D eigenvalue weighted by atomic mass is 35.5. The molecule has 2 amide bonds. The number of rotatable bonds is 3. The second-order valence-electron chi connectivity index (χ2n) is 5.68. The maximum absolute atomic E-state index is 12.1. The molecule has 20 heavy (non-hydrogen) atoms. The Balaban J connectivity index is 0.00000200. The Morgan fingerprint density at radius 3 is 2.75 bits per heavy atom. The number of hydrogen-bond acceptors (Lipinski definition) is 3. The van der Waals surface area contributed by atoms with E-state index in [4.69, 9.17) is 5.73 Å². The topological polar surface area (TPSA) is 66.6 Å². The molecule has 6 heteroatoms. The van der Waals surface area contributed by atoms with Crippen molar-refractivity contribution in [1.29, 1.82) is 0 Å². The molecule has 1 unspecified atom stereocenters. The largest absolute Gasteiger partial charge is 0.342 e. The third kappa shape index (κ3) is 4.94. The van der Waals surface area contributed by atoms with E-state index < -0.39 is 0 Å². The van der Waals surface area contributed by atoms with Crippen LogP contribution >= 0.6 is 12.4 Å². The number of amides is 2. The average Bonchev–Trinajstić information content (AvgIpc) is 2.61. The molecule has 0 bridgehead atoms. The zero-order chi connectivity index (χ0) is 13.7. The first-order chi connectivity index (χ1) is 9.16. The Morgan fingerprint density at radius 2 is 2.00 bits per heavy atom. The van der Waals surface area contributed by atoms with Gasteiger partial charge in [0.05, 0.1) is 0 Å². The predicted octanol–water partition coefficient (Wildman–Crippen LogP) is 1.15. The number of hydrogen-bond donors (Lipinski definition) is 1. The van der Waals surface area contributed by atoms with Gasteiger partial charge < -0.3 is 15.5 Å². The molecule has 0 aromatic heterocycles. The molecule has 116 valence electrons. The lowest BCUT2D eigenvalue weighted by molar-refractivity contribution is -0.134. The van der Waals surface area contributed by atoms with Gasteiger partial charge in [-0.25, -0.2) is 0 Å². The second kappa shape index (κ2) is 8.47. The van der Waals surface area contributed by atoms with Crippen molar-refractivity contribution >= 4 is 24.2 Å². The minimum atomic E-state index is 0. The van der Waals surface area contributed by atoms with Crippen LogP contribution in [0.5, 0.6) is 0 Å². The summed E-state index contributed by atoms with van der Waals surface area (Å²) < 4.78 is 0. The van der Waals surface area contributed by atoms with Crippen LogP contribution in [0, 0.1) is 0 Å². The predicted molar refractivity (Wildman–Crippen MR) is 80.7 cm³/mol. The molecule has 2 heterocycles. The zero-order valence-electron chi connectivity index (χ0n) is 12.1. The first kappa shape index (κ1) is 17.2. The molecule has 5 nitrogen and oxygen atoms in total. The molecule has 2 fully saturated rings. The van der Waals surface area contributed by atoms with E-state index in [-0.39, 0.29) is 30.3 Å². The Kier molecular flexibility index (Phi) is 7.30. The normalized spacial score (nSPS) is 24.1. The van der Waals surface area contributed by atoms with Crippen LogP contribution in [0.3, 0.4) is 0 Å². The molecule has 2 aliphatic heterocycles. The van der Waals surface area contributed by atoms with Crippen LogP contribution < -0.4 is 5.73 Å². The van der Waals surface area contributed by atoms with Gasteiger partial charge in [-0.1, -0.05) is 6.42 Å². The van der Waals surface area contributed by atoms with E-state index in [1.807, 2.05) is 9.80 Å². The van der Waals surface area contributed by atoms with Gasteiger partial charge in [0.1, 0.15) is 0 Å². The quantitative estimate of drug-likeness (QED) is 0.850. The maximum atomic E-state index is 12.1. The van der Waals surface area contributed by atoms with Crippen molar-refractivity contribution in [2.75, 3.05) is 26.2 Å².